The molecule has 6 heteroatoms. The van der Waals surface area contributed by atoms with E-state index in [1.54, 1.807) is 0 Å². The van der Waals surface area contributed by atoms with Gasteiger partial charge < -0.3 is 14.8 Å². The average molecular weight is 437 g/mol. The van der Waals surface area contributed by atoms with Crippen molar-refractivity contribution in [3.05, 3.63) is 102 Å². The summed E-state index contributed by atoms with van der Waals surface area (Å²) in [4.78, 5) is 12.9. The molecule has 0 fully saturated rings. The van der Waals surface area contributed by atoms with Crippen molar-refractivity contribution >= 4 is 33.4 Å². The third-order valence-corrected chi connectivity index (χ3v) is 5.41. The van der Waals surface area contributed by atoms with E-state index in [-0.39, 0.29) is 5.91 Å². The number of nitrogens with zero attached hydrogens (tertiary/aromatic N) is 1. The molecule has 5 aromatic rings. The molecule has 33 heavy (non-hydrogen) atoms. The molecule has 0 aliphatic heterocycles. The number of hydrogen-bond acceptors (Lipinski definition) is 4. The predicted octanol–water partition coefficient (Wildman–Crippen LogP) is 5.56. The van der Waals surface area contributed by atoms with Crippen LogP contribution < -0.4 is 10.1 Å². The van der Waals surface area contributed by atoms with Crippen molar-refractivity contribution in [3.8, 4) is 5.75 Å². The van der Waals surface area contributed by atoms with Gasteiger partial charge >= 0.3 is 0 Å². The van der Waals surface area contributed by atoms with E-state index < -0.39 is 0 Å². The molecular formula is C27H23N3O3. The Balaban J connectivity index is 1.21. The van der Waals surface area contributed by atoms with E-state index in [1.807, 2.05) is 91.0 Å². The van der Waals surface area contributed by atoms with E-state index in [4.69, 9.17) is 9.47 Å². The molecule has 1 heterocycles. The summed E-state index contributed by atoms with van der Waals surface area (Å²) < 4.78 is 11.5. The molecule has 0 atom stereocenters. The van der Waals surface area contributed by atoms with Gasteiger partial charge in [-0.05, 0) is 34.5 Å². The molecule has 0 aliphatic carbocycles. The highest BCUT2D eigenvalue weighted by Gasteiger charge is 2.14. The van der Waals surface area contributed by atoms with Crippen molar-refractivity contribution in [3.63, 3.8) is 0 Å². The van der Waals surface area contributed by atoms with Gasteiger partial charge in [-0.15, -0.1) is 0 Å². The zero-order valence-electron chi connectivity index (χ0n) is 18.0. The Kier molecular flexibility index (Phi) is 5.99. The lowest BCUT2D eigenvalue weighted by Gasteiger charge is -2.08. The number of H-pyrrole nitrogens is 1. The van der Waals surface area contributed by atoms with Crippen molar-refractivity contribution in [2.24, 2.45) is 0 Å². The van der Waals surface area contributed by atoms with Crippen LogP contribution in [0.3, 0.4) is 0 Å². The highest BCUT2D eigenvalue weighted by atomic mass is 16.5. The van der Waals surface area contributed by atoms with Crippen molar-refractivity contribution < 1.29 is 14.3 Å². The lowest BCUT2D eigenvalue weighted by atomic mass is 10.0. The van der Waals surface area contributed by atoms with Gasteiger partial charge in [0.1, 0.15) is 12.4 Å². The fraction of sp³-hybridized carbons (Fsp3) is 0.111. The number of aromatic nitrogens is 2. The maximum atomic E-state index is 12.9. The van der Waals surface area contributed by atoms with Gasteiger partial charge in [-0.2, -0.15) is 5.10 Å². The van der Waals surface area contributed by atoms with Crippen LogP contribution in [0, 0.1) is 0 Å². The molecule has 5 rings (SSSR count). The van der Waals surface area contributed by atoms with Crippen molar-refractivity contribution in [1.29, 1.82) is 0 Å². The summed E-state index contributed by atoms with van der Waals surface area (Å²) in [6.07, 6.45) is 0. The van der Waals surface area contributed by atoms with E-state index >= 15 is 0 Å². The van der Waals surface area contributed by atoms with Crippen LogP contribution in [-0.2, 0) is 11.3 Å². The Hall–Kier alpha value is -4.16. The largest absolute Gasteiger partial charge is 0.491 e. The number of anilines is 1. The maximum Gasteiger partial charge on any atom is 0.257 e. The molecule has 0 spiro atoms. The van der Waals surface area contributed by atoms with Gasteiger partial charge in [0.05, 0.1) is 18.7 Å². The first-order chi connectivity index (χ1) is 16.3. The van der Waals surface area contributed by atoms with Crippen molar-refractivity contribution in [1.82, 2.24) is 10.2 Å². The summed E-state index contributed by atoms with van der Waals surface area (Å²) in [5.74, 6) is 0.998. The lowest BCUT2D eigenvalue weighted by molar-refractivity contribution is 0.0889. The second kappa shape index (κ2) is 9.54. The Morgan fingerprint density at radius 1 is 0.848 bits per heavy atom. The monoisotopic (exact) mass is 437 g/mol. The standard InChI is InChI=1S/C27H23N3O3/c31-27(23-12-6-10-20-9-4-5-11-22(20)23)28-26-24-14-13-21(17-25(24)29-30-26)33-16-15-32-18-19-7-2-1-3-8-19/h1-14,17H,15-16,18H2,(H2,28,29,30,31). The minimum Gasteiger partial charge on any atom is -0.491 e. The van der Waals surface area contributed by atoms with Crippen LogP contribution in [0.25, 0.3) is 21.7 Å². The van der Waals surface area contributed by atoms with Crippen molar-refractivity contribution in [2.75, 3.05) is 18.5 Å². The van der Waals surface area contributed by atoms with E-state index in [0.29, 0.717) is 37.0 Å². The number of benzene rings is 4. The van der Waals surface area contributed by atoms with Gasteiger partial charge in [-0.25, -0.2) is 0 Å². The molecule has 1 amide bonds. The van der Waals surface area contributed by atoms with Crippen LogP contribution in [-0.4, -0.2) is 29.3 Å². The maximum absolute atomic E-state index is 12.9. The number of carbonyl (C=O) groups excluding carboxylic acids is 1. The van der Waals surface area contributed by atoms with Gasteiger partial charge in [0, 0.05) is 17.0 Å². The van der Waals surface area contributed by atoms with Gasteiger partial charge in [0.2, 0.25) is 0 Å². The fourth-order valence-corrected chi connectivity index (χ4v) is 3.76. The number of hydrogen-bond donors (Lipinski definition) is 2. The highest BCUT2D eigenvalue weighted by Crippen LogP contribution is 2.26. The number of carbonyl (C=O) groups is 1. The summed E-state index contributed by atoms with van der Waals surface area (Å²) in [5.41, 5.74) is 2.53. The first kappa shape index (κ1) is 20.7. The van der Waals surface area contributed by atoms with Gasteiger partial charge in [-0.3, -0.25) is 9.89 Å². The number of rotatable bonds is 8. The molecule has 0 saturated heterocycles. The Morgan fingerprint density at radius 2 is 1.67 bits per heavy atom. The Labute approximate surface area is 191 Å². The summed E-state index contributed by atoms with van der Waals surface area (Å²) >= 11 is 0. The number of ether oxygens (including phenoxy) is 2. The van der Waals surface area contributed by atoms with E-state index in [2.05, 4.69) is 15.5 Å². The molecule has 0 unspecified atom stereocenters. The van der Waals surface area contributed by atoms with Crippen LogP contribution >= 0.6 is 0 Å². The topological polar surface area (TPSA) is 76.2 Å². The zero-order chi connectivity index (χ0) is 22.5. The molecule has 0 saturated carbocycles. The average Bonchev–Trinajstić information content (AvgIpc) is 3.26. The SMILES string of the molecule is O=C(Nc1n[nH]c2cc(OCCOCc3ccccc3)ccc12)c1cccc2ccccc12. The second-order valence-electron chi connectivity index (χ2n) is 7.65. The van der Waals surface area contributed by atoms with Crippen LogP contribution in [0.5, 0.6) is 5.75 Å². The number of aromatic amines is 1. The zero-order valence-corrected chi connectivity index (χ0v) is 18.0. The second-order valence-corrected chi connectivity index (χ2v) is 7.65. The minimum absolute atomic E-state index is 0.198. The molecule has 164 valence electrons. The lowest BCUT2D eigenvalue weighted by Crippen LogP contribution is -2.12. The molecule has 1 aromatic heterocycles. The van der Waals surface area contributed by atoms with E-state index in [1.165, 1.54) is 0 Å². The number of nitrogens with one attached hydrogen (secondary N) is 2. The molecule has 0 radical (unpaired) electrons. The van der Waals surface area contributed by atoms with Crippen molar-refractivity contribution in [2.45, 2.75) is 6.61 Å². The van der Waals surface area contributed by atoms with E-state index in [0.717, 1.165) is 27.2 Å². The summed E-state index contributed by atoms with van der Waals surface area (Å²) in [6.45, 7) is 1.49. The first-order valence-electron chi connectivity index (χ1n) is 10.8. The molecule has 2 N–H and O–H groups in total. The third-order valence-electron chi connectivity index (χ3n) is 5.41. The van der Waals surface area contributed by atoms with Gasteiger partial charge in [-0.1, -0.05) is 66.7 Å². The first-order valence-corrected chi connectivity index (χ1v) is 10.8. The third kappa shape index (κ3) is 4.71. The summed E-state index contributed by atoms with van der Waals surface area (Å²) in [6, 6.07) is 29.2. The summed E-state index contributed by atoms with van der Waals surface area (Å²) in [5, 5.41) is 12.9. The van der Waals surface area contributed by atoms with Crippen LogP contribution in [0.15, 0.2) is 91.0 Å². The predicted molar refractivity (Wildman–Crippen MR) is 130 cm³/mol. The molecule has 0 aliphatic rings. The number of fused-ring (bicyclic) bond motifs is 2. The van der Waals surface area contributed by atoms with Gasteiger partial charge in [0.15, 0.2) is 5.82 Å². The smallest absolute Gasteiger partial charge is 0.257 e. The molecule has 6 nitrogen and oxygen atoms in total. The quantitative estimate of drug-likeness (QED) is 0.312. The Morgan fingerprint density at radius 3 is 2.58 bits per heavy atom. The van der Waals surface area contributed by atoms with Crippen LogP contribution in [0.1, 0.15) is 15.9 Å². The summed E-state index contributed by atoms with van der Waals surface area (Å²) in [7, 11) is 0. The van der Waals surface area contributed by atoms with E-state index in [9.17, 15) is 4.79 Å². The Bertz CT molecular complexity index is 1390. The molecule has 0 bridgehead atoms. The molecular weight excluding hydrogens is 414 g/mol. The minimum atomic E-state index is -0.198. The van der Waals surface area contributed by atoms with Crippen LogP contribution in [0.2, 0.25) is 0 Å². The highest BCUT2D eigenvalue weighted by molar-refractivity contribution is 6.14. The molecule has 4 aromatic carbocycles. The van der Waals surface area contributed by atoms with Gasteiger partial charge in [0.25, 0.3) is 5.91 Å². The normalized spacial score (nSPS) is 11.0. The van der Waals surface area contributed by atoms with Crippen LogP contribution in [0.4, 0.5) is 5.82 Å². The number of amides is 1. The fourth-order valence-electron chi connectivity index (χ4n) is 3.76.